The molecule has 2 aromatic carbocycles. The van der Waals surface area contributed by atoms with Crippen LogP contribution in [-0.2, 0) is 0 Å². The molecule has 3 heterocycles. The first-order valence-electron chi connectivity index (χ1n) is 16.5. The Hall–Kier alpha value is -4.70. The number of aryl methyl sites for hydroxylation is 1. The van der Waals surface area contributed by atoms with Gasteiger partial charge in [0.1, 0.15) is 17.7 Å². The molecule has 0 saturated carbocycles. The summed E-state index contributed by atoms with van der Waals surface area (Å²) in [5.74, 6) is 2.29. The monoisotopic (exact) mass is 634 g/mol. The van der Waals surface area contributed by atoms with E-state index in [0.29, 0.717) is 18.1 Å². The molecule has 1 saturated heterocycles. The Kier molecular flexibility index (Phi) is 9.31. The Labute approximate surface area is 277 Å². The maximum absolute atomic E-state index is 13.2. The molecule has 4 N–H and O–H groups in total. The van der Waals surface area contributed by atoms with Crippen molar-refractivity contribution in [3.05, 3.63) is 101 Å². The summed E-state index contributed by atoms with van der Waals surface area (Å²) in [5, 5.41) is 14.9. The van der Waals surface area contributed by atoms with E-state index in [1.807, 2.05) is 76.4 Å². The van der Waals surface area contributed by atoms with Gasteiger partial charge in [0.25, 0.3) is 0 Å². The summed E-state index contributed by atoms with van der Waals surface area (Å²) in [4.78, 5) is 20.2. The zero-order valence-corrected chi connectivity index (χ0v) is 28.0. The summed E-state index contributed by atoms with van der Waals surface area (Å²) < 4.78 is 8.71. The number of amidine groups is 1. The third-order valence-corrected chi connectivity index (χ3v) is 9.25. The molecule has 2 aliphatic rings. The number of carbonyl (C=O) groups is 1. The third kappa shape index (κ3) is 7.49. The average Bonchev–Trinajstić information content (AvgIpc) is 3.66. The first kappa shape index (κ1) is 32.2. The number of fused-ring (bicyclic) bond motifs is 2. The predicted molar refractivity (Wildman–Crippen MR) is 186 cm³/mol. The predicted octanol–water partition coefficient (Wildman–Crippen LogP) is 6.72. The van der Waals surface area contributed by atoms with Crippen LogP contribution in [0.3, 0.4) is 0 Å². The lowest BCUT2D eigenvalue weighted by Gasteiger charge is -2.32. The van der Waals surface area contributed by atoms with Gasteiger partial charge >= 0.3 is 6.03 Å². The molecule has 6 rings (SSSR count). The van der Waals surface area contributed by atoms with Gasteiger partial charge in [-0.05, 0) is 81.6 Å². The maximum Gasteiger partial charge on any atom is 0.320 e. The average molecular weight is 635 g/mol. The van der Waals surface area contributed by atoms with Crippen molar-refractivity contribution in [1.82, 2.24) is 30.1 Å². The van der Waals surface area contributed by atoms with E-state index in [1.165, 1.54) is 5.56 Å². The molecular weight excluding hydrogens is 588 g/mol. The first-order chi connectivity index (χ1) is 22.5. The summed E-state index contributed by atoms with van der Waals surface area (Å²) in [5.41, 5.74) is 11.8. The van der Waals surface area contributed by atoms with Crippen molar-refractivity contribution in [3.63, 3.8) is 0 Å². The molecule has 2 amide bonds. The number of rotatable bonds is 7. The van der Waals surface area contributed by atoms with Gasteiger partial charge in [-0.2, -0.15) is 0 Å². The number of aromatic nitrogens is 3. The number of urea groups is 1. The van der Waals surface area contributed by atoms with E-state index in [4.69, 9.17) is 10.5 Å². The van der Waals surface area contributed by atoms with Crippen LogP contribution in [0, 0.1) is 12.3 Å². The van der Waals surface area contributed by atoms with Crippen LogP contribution >= 0.6 is 0 Å². The number of amides is 2. The van der Waals surface area contributed by atoms with E-state index in [1.54, 1.807) is 6.08 Å². The second-order valence-electron chi connectivity index (χ2n) is 13.8. The number of carbonyl (C=O) groups excluding carboxylic acids is 1. The Morgan fingerprint density at radius 1 is 1.04 bits per heavy atom. The Bertz CT molecular complexity index is 1790. The smallest absolute Gasteiger partial charge is 0.320 e. The number of allylic oxidation sites excluding steroid dienone is 1. The van der Waals surface area contributed by atoms with Crippen molar-refractivity contribution in [2.24, 2.45) is 16.1 Å². The molecule has 246 valence electrons. The van der Waals surface area contributed by atoms with E-state index >= 15 is 0 Å². The molecule has 1 aliphatic carbocycles. The quantitative estimate of drug-likeness (QED) is 0.153. The molecule has 0 radical (unpaired) electrons. The number of likely N-dealkylation sites (tertiary alicyclic amines) is 1. The van der Waals surface area contributed by atoms with Gasteiger partial charge in [0.05, 0.1) is 17.9 Å². The second kappa shape index (κ2) is 13.6. The lowest BCUT2D eigenvalue weighted by atomic mass is 9.81. The van der Waals surface area contributed by atoms with Crippen molar-refractivity contribution in [2.45, 2.75) is 71.4 Å². The number of pyridine rings is 1. The van der Waals surface area contributed by atoms with Crippen LogP contribution in [0.1, 0.15) is 87.0 Å². The van der Waals surface area contributed by atoms with Crippen LogP contribution in [0.2, 0.25) is 0 Å². The molecule has 1 fully saturated rings. The highest BCUT2D eigenvalue weighted by Gasteiger charge is 2.30. The highest BCUT2D eigenvalue weighted by atomic mass is 16.5. The van der Waals surface area contributed by atoms with E-state index in [-0.39, 0.29) is 29.5 Å². The van der Waals surface area contributed by atoms with Crippen LogP contribution in [0.4, 0.5) is 10.5 Å². The molecule has 4 aromatic rings. The summed E-state index contributed by atoms with van der Waals surface area (Å²) in [7, 11) is 2.14. The van der Waals surface area contributed by atoms with Gasteiger partial charge in [0.15, 0.2) is 11.5 Å². The van der Waals surface area contributed by atoms with Crippen molar-refractivity contribution in [3.8, 4) is 5.75 Å². The Morgan fingerprint density at radius 3 is 2.53 bits per heavy atom. The van der Waals surface area contributed by atoms with Gasteiger partial charge in [-0.25, -0.2) is 9.79 Å². The summed E-state index contributed by atoms with van der Waals surface area (Å²) in [6.07, 6.45) is 7.60. The molecule has 10 nitrogen and oxygen atoms in total. The van der Waals surface area contributed by atoms with E-state index in [0.717, 1.165) is 66.3 Å². The van der Waals surface area contributed by atoms with Gasteiger partial charge in [-0.15, -0.1) is 10.2 Å². The fourth-order valence-electron chi connectivity index (χ4n) is 6.36. The fraction of sp³-hybridized carbons (Fsp3) is 0.405. The number of aliphatic imine (C=N–C) groups is 1. The molecule has 2 aromatic heterocycles. The number of nitrogens with one attached hydrogen (secondary N) is 2. The minimum Gasteiger partial charge on any atom is -0.484 e. The highest BCUT2D eigenvalue weighted by molar-refractivity contribution is 6.05. The lowest BCUT2D eigenvalue weighted by molar-refractivity contribution is 0.175. The van der Waals surface area contributed by atoms with Crippen molar-refractivity contribution in [2.75, 3.05) is 20.1 Å². The summed E-state index contributed by atoms with van der Waals surface area (Å²) in [6.45, 7) is 9.66. The summed E-state index contributed by atoms with van der Waals surface area (Å²) >= 11 is 0. The Morgan fingerprint density at radius 2 is 1.81 bits per heavy atom. The SMILES string of the molecule is Cc1ccc(N=C(/C=C(\N)C(C)(C)C)NC(=O)NCC2CC[C@@H](Oc3ccc4nnc([C@H]5CCCN5C)n4c3)c3ccccc32)cc1. The molecule has 0 spiro atoms. The zero-order valence-electron chi connectivity index (χ0n) is 28.0. The van der Waals surface area contributed by atoms with Gasteiger partial charge in [0, 0.05) is 29.7 Å². The number of benzene rings is 2. The molecule has 3 atom stereocenters. The normalized spacial score (nSPS) is 20.7. The first-order valence-corrected chi connectivity index (χ1v) is 16.5. The topological polar surface area (TPSA) is 122 Å². The minimum absolute atomic E-state index is 0.0958. The van der Waals surface area contributed by atoms with Crippen LogP contribution in [0.5, 0.6) is 5.75 Å². The van der Waals surface area contributed by atoms with E-state index in [2.05, 4.69) is 60.4 Å². The molecule has 1 unspecified atom stereocenters. The molecular formula is C37H46N8O2. The lowest BCUT2D eigenvalue weighted by Crippen LogP contribution is -2.41. The fourth-order valence-corrected chi connectivity index (χ4v) is 6.36. The van der Waals surface area contributed by atoms with Crippen LogP contribution in [-0.4, -0.2) is 51.5 Å². The molecule has 47 heavy (non-hydrogen) atoms. The standard InChI is InChI=1S/C37H46N8O2/c1-24-12-15-26(16-13-24)40-33(21-32(38)37(2,3)4)41-36(46)39-22-25-14-18-31(29-10-7-6-9-28(25)29)47-27-17-19-34-42-43-35(45(34)23-27)30-11-8-20-44(30)5/h6-7,9-10,12-13,15-17,19,21,23,25,30-31H,8,11,14,18,20,22,38H2,1-5H3,(H2,39,40,41,46)/b32-21-/t25?,30-,31-/m1/s1. The number of ether oxygens (including phenoxy) is 1. The zero-order chi connectivity index (χ0) is 33.1. The van der Waals surface area contributed by atoms with Crippen molar-refractivity contribution >= 4 is 23.2 Å². The number of hydrogen-bond donors (Lipinski definition) is 3. The number of nitrogens with two attached hydrogens (primary N) is 1. The van der Waals surface area contributed by atoms with Crippen molar-refractivity contribution < 1.29 is 9.53 Å². The van der Waals surface area contributed by atoms with Gasteiger partial charge in [-0.3, -0.25) is 14.6 Å². The van der Waals surface area contributed by atoms with Crippen LogP contribution in [0.15, 0.2) is 83.6 Å². The minimum atomic E-state index is -0.323. The third-order valence-electron chi connectivity index (χ3n) is 9.25. The second-order valence-corrected chi connectivity index (χ2v) is 13.8. The maximum atomic E-state index is 13.2. The highest BCUT2D eigenvalue weighted by Crippen LogP contribution is 2.40. The van der Waals surface area contributed by atoms with Gasteiger partial charge in [-0.1, -0.05) is 62.7 Å². The number of nitrogens with zero attached hydrogens (tertiary/aromatic N) is 5. The molecule has 0 bridgehead atoms. The molecule has 10 heteroatoms. The van der Waals surface area contributed by atoms with Gasteiger partial charge in [0.2, 0.25) is 0 Å². The van der Waals surface area contributed by atoms with E-state index in [9.17, 15) is 4.79 Å². The number of hydrogen-bond acceptors (Lipinski definition) is 7. The van der Waals surface area contributed by atoms with E-state index < -0.39 is 0 Å². The Balaban J connectivity index is 1.14. The largest absolute Gasteiger partial charge is 0.484 e. The molecule has 1 aliphatic heterocycles. The summed E-state index contributed by atoms with van der Waals surface area (Å²) in [6, 6.07) is 20.1. The van der Waals surface area contributed by atoms with Crippen molar-refractivity contribution in [1.29, 1.82) is 0 Å². The van der Waals surface area contributed by atoms with Gasteiger partial charge < -0.3 is 15.8 Å². The van der Waals surface area contributed by atoms with Crippen LogP contribution < -0.4 is 21.1 Å². The van der Waals surface area contributed by atoms with Crippen LogP contribution in [0.25, 0.3) is 5.65 Å².